The van der Waals surface area contributed by atoms with Crippen molar-refractivity contribution in [2.45, 2.75) is 45.3 Å². The van der Waals surface area contributed by atoms with Crippen LogP contribution in [0.2, 0.25) is 0 Å². The van der Waals surface area contributed by atoms with Gasteiger partial charge in [0.15, 0.2) is 0 Å². The summed E-state index contributed by atoms with van der Waals surface area (Å²) in [7, 11) is 0. The predicted molar refractivity (Wildman–Crippen MR) is 118 cm³/mol. The second-order valence-corrected chi connectivity index (χ2v) is 9.20. The van der Waals surface area contributed by atoms with E-state index in [1.165, 1.54) is 11.1 Å². The second-order valence-electron chi connectivity index (χ2n) is 8.31. The molecule has 0 N–H and O–H groups in total. The van der Waals surface area contributed by atoms with Crippen LogP contribution in [0.25, 0.3) is 22.4 Å². The minimum atomic E-state index is -0.493. The van der Waals surface area contributed by atoms with E-state index in [0.29, 0.717) is 0 Å². The Bertz CT molecular complexity index is 991. The molecule has 29 heavy (non-hydrogen) atoms. The molecule has 0 spiro atoms. The highest BCUT2D eigenvalue weighted by Gasteiger charge is 2.35. The van der Waals surface area contributed by atoms with E-state index >= 15 is 0 Å². The number of rotatable bonds is 3. The van der Waals surface area contributed by atoms with Crippen molar-refractivity contribution in [2.24, 2.45) is 0 Å². The Kier molecular flexibility index (Phi) is 5.41. The lowest BCUT2D eigenvalue weighted by Crippen LogP contribution is -2.36. The van der Waals surface area contributed by atoms with Crippen LogP contribution in [0, 0.1) is 0 Å². The minimum absolute atomic E-state index is 0.00696. The zero-order valence-corrected chi connectivity index (χ0v) is 17.9. The second kappa shape index (κ2) is 7.99. The van der Waals surface area contributed by atoms with Crippen molar-refractivity contribution in [1.29, 1.82) is 0 Å². The third-order valence-corrected chi connectivity index (χ3v) is 5.92. The molecule has 4 nitrogen and oxygen atoms in total. The number of hydrogen-bond acceptors (Lipinski definition) is 4. The van der Waals surface area contributed by atoms with Crippen LogP contribution in [0.5, 0.6) is 0 Å². The molecule has 1 fully saturated rings. The van der Waals surface area contributed by atoms with Crippen LogP contribution in [0.1, 0.15) is 44.7 Å². The number of benzene rings is 2. The lowest BCUT2D eigenvalue weighted by atomic mass is 9.98. The molecule has 0 radical (unpaired) electrons. The monoisotopic (exact) mass is 406 g/mol. The molecule has 1 unspecified atom stereocenters. The fourth-order valence-electron chi connectivity index (χ4n) is 3.70. The molecule has 4 rings (SSSR count). The van der Waals surface area contributed by atoms with Gasteiger partial charge in [-0.25, -0.2) is 9.78 Å². The maximum absolute atomic E-state index is 12.6. The maximum Gasteiger partial charge on any atom is 0.410 e. The molecule has 1 aromatic heterocycles. The van der Waals surface area contributed by atoms with E-state index in [9.17, 15) is 4.79 Å². The van der Waals surface area contributed by atoms with Crippen LogP contribution >= 0.6 is 11.3 Å². The molecular formula is C24H26N2O2S. The van der Waals surface area contributed by atoms with Crippen LogP contribution < -0.4 is 0 Å². The summed E-state index contributed by atoms with van der Waals surface area (Å²) < 4.78 is 5.61. The number of thiazole rings is 1. The Hall–Kier alpha value is -2.66. The first-order valence-electron chi connectivity index (χ1n) is 10.0. The quantitative estimate of drug-likeness (QED) is 0.495. The lowest BCUT2D eigenvalue weighted by molar-refractivity contribution is 0.0224. The first-order valence-corrected chi connectivity index (χ1v) is 10.9. The molecule has 1 atom stereocenters. The highest BCUT2D eigenvalue weighted by atomic mass is 32.1. The molecule has 2 aromatic carbocycles. The Morgan fingerprint density at radius 2 is 1.76 bits per heavy atom. The van der Waals surface area contributed by atoms with Gasteiger partial charge in [-0.1, -0.05) is 54.6 Å². The Morgan fingerprint density at radius 3 is 2.48 bits per heavy atom. The fraction of sp³-hybridized carbons (Fsp3) is 0.333. The Balaban J connectivity index is 1.62. The van der Waals surface area contributed by atoms with Gasteiger partial charge in [0, 0.05) is 17.5 Å². The SMILES string of the molecule is CC(C)(C)OC(=O)N1CCCC1c1nc(-c2ccccc2-c2ccccc2)cs1. The van der Waals surface area contributed by atoms with E-state index in [1.807, 2.05) is 37.8 Å². The minimum Gasteiger partial charge on any atom is -0.444 e. The maximum atomic E-state index is 12.6. The summed E-state index contributed by atoms with van der Waals surface area (Å²) in [6.07, 6.45) is 1.65. The van der Waals surface area contributed by atoms with E-state index in [-0.39, 0.29) is 12.1 Å². The van der Waals surface area contributed by atoms with Crippen molar-refractivity contribution in [3.63, 3.8) is 0 Å². The number of aromatic nitrogens is 1. The van der Waals surface area contributed by atoms with Crippen LogP contribution in [0.4, 0.5) is 4.79 Å². The van der Waals surface area contributed by atoms with Crippen molar-refractivity contribution < 1.29 is 9.53 Å². The third-order valence-electron chi connectivity index (χ3n) is 4.98. The molecule has 1 saturated heterocycles. The zero-order valence-electron chi connectivity index (χ0n) is 17.1. The van der Waals surface area contributed by atoms with Gasteiger partial charge in [0.2, 0.25) is 0 Å². The van der Waals surface area contributed by atoms with E-state index in [0.717, 1.165) is 35.7 Å². The van der Waals surface area contributed by atoms with Gasteiger partial charge in [-0.2, -0.15) is 0 Å². The molecular weight excluding hydrogens is 380 g/mol. The Morgan fingerprint density at radius 1 is 1.07 bits per heavy atom. The van der Waals surface area contributed by atoms with Crippen LogP contribution in [-0.2, 0) is 4.74 Å². The van der Waals surface area contributed by atoms with Gasteiger partial charge in [-0.15, -0.1) is 11.3 Å². The smallest absolute Gasteiger partial charge is 0.410 e. The Labute approximate surface area is 176 Å². The fourth-order valence-corrected chi connectivity index (χ4v) is 4.67. The van der Waals surface area contributed by atoms with Gasteiger partial charge in [0.1, 0.15) is 10.6 Å². The van der Waals surface area contributed by atoms with Crippen molar-refractivity contribution in [2.75, 3.05) is 6.54 Å². The summed E-state index contributed by atoms with van der Waals surface area (Å²) >= 11 is 1.62. The summed E-state index contributed by atoms with van der Waals surface area (Å²) in [6, 6.07) is 18.7. The molecule has 0 bridgehead atoms. The van der Waals surface area contributed by atoms with Crippen LogP contribution in [0.15, 0.2) is 60.0 Å². The first kappa shape index (κ1) is 19.6. The number of likely N-dealkylation sites (tertiary alicyclic amines) is 1. The van der Waals surface area contributed by atoms with E-state index in [1.54, 1.807) is 11.3 Å². The van der Waals surface area contributed by atoms with Gasteiger partial charge >= 0.3 is 6.09 Å². The molecule has 1 amide bonds. The highest BCUT2D eigenvalue weighted by molar-refractivity contribution is 7.10. The number of hydrogen-bond donors (Lipinski definition) is 0. The molecule has 1 aliphatic heterocycles. The number of carbonyl (C=O) groups is 1. The van der Waals surface area contributed by atoms with E-state index in [2.05, 4.69) is 47.8 Å². The lowest BCUT2D eigenvalue weighted by Gasteiger charge is -2.27. The molecule has 2 heterocycles. The number of amides is 1. The molecule has 1 aliphatic rings. The number of nitrogens with zero attached hydrogens (tertiary/aromatic N) is 2. The molecule has 3 aromatic rings. The summed E-state index contributed by atoms with van der Waals surface area (Å²) in [6.45, 7) is 6.42. The van der Waals surface area contributed by atoms with Gasteiger partial charge in [-0.05, 0) is 44.7 Å². The topological polar surface area (TPSA) is 42.4 Å². The zero-order chi connectivity index (χ0) is 20.4. The largest absolute Gasteiger partial charge is 0.444 e. The average Bonchev–Trinajstić information content (AvgIpc) is 3.37. The summed E-state index contributed by atoms with van der Waals surface area (Å²) in [5.74, 6) is 0. The van der Waals surface area contributed by atoms with Gasteiger partial charge in [-0.3, -0.25) is 4.90 Å². The summed E-state index contributed by atoms with van der Waals surface area (Å²) in [5.41, 5.74) is 3.92. The first-order chi connectivity index (χ1) is 13.9. The molecule has 150 valence electrons. The summed E-state index contributed by atoms with van der Waals surface area (Å²) in [5, 5.41) is 3.08. The van der Waals surface area contributed by atoms with Gasteiger partial charge < -0.3 is 4.74 Å². The van der Waals surface area contributed by atoms with E-state index < -0.39 is 5.60 Å². The normalized spacial score (nSPS) is 16.8. The van der Waals surface area contributed by atoms with Crippen LogP contribution in [0.3, 0.4) is 0 Å². The molecule has 0 aliphatic carbocycles. The standard InChI is InChI=1S/C24H26N2O2S/c1-24(2,3)28-23(27)26-15-9-14-21(26)22-25-20(16-29-22)19-13-8-7-12-18(19)17-10-5-4-6-11-17/h4-8,10-13,16,21H,9,14-15H2,1-3H3. The molecule has 0 saturated carbocycles. The number of ether oxygens (including phenoxy) is 1. The van der Waals surface area contributed by atoms with E-state index in [4.69, 9.17) is 9.72 Å². The number of carbonyl (C=O) groups excluding carboxylic acids is 1. The average molecular weight is 407 g/mol. The van der Waals surface area contributed by atoms with Gasteiger partial charge in [0.05, 0.1) is 11.7 Å². The van der Waals surface area contributed by atoms with Crippen molar-refractivity contribution in [1.82, 2.24) is 9.88 Å². The van der Waals surface area contributed by atoms with Crippen LogP contribution in [-0.4, -0.2) is 28.1 Å². The van der Waals surface area contributed by atoms with Crippen molar-refractivity contribution >= 4 is 17.4 Å². The highest BCUT2D eigenvalue weighted by Crippen LogP contribution is 2.38. The van der Waals surface area contributed by atoms with Crippen molar-refractivity contribution in [3.8, 4) is 22.4 Å². The van der Waals surface area contributed by atoms with Crippen molar-refractivity contribution in [3.05, 3.63) is 65.0 Å². The third kappa shape index (κ3) is 4.35. The molecule has 5 heteroatoms. The summed E-state index contributed by atoms with van der Waals surface area (Å²) in [4.78, 5) is 19.4. The van der Waals surface area contributed by atoms with Gasteiger partial charge in [0.25, 0.3) is 0 Å². The predicted octanol–water partition coefficient (Wildman–Crippen LogP) is 6.55.